The van der Waals surface area contributed by atoms with Gasteiger partial charge in [-0.1, -0.05) is 12.2 Å². The Morgan fingerprint density at radius 1 is 1.50 bits per heavy atom. The van der Waals surface area contributed by atoms with E-state index in [9.17, 15) is 0 Å². The van der Waals surface area contributed by atoms with Gasteiger partial charge in [-0.25, -0.2) is 4.98 Å². The molecule has 1 fully saturated rings. The molecular weight excluding hydrogens is 264 g/mol. The van der Waals surface area contributed by atoms with Crippen LogP contribution in [0.2, 0.25) is 0 Å². The highest BCUT2D eigenvalue weighted by Crippen LogP contribution is 2.27. The summed E-state index contributed by atoms with van der Waals surface area (Å²) in [5.74, 6) is 3.37. The quantitative estimate of drug-likeness (QED) is 0.764. The molecule has 4 nitrogen and oxygen atoms in total. The van der Waals surface area contributed by atoms with Crippen LogP contribution < -0.4 is 5.32 Å². The fourth-order valence-corrected chi connectivity index (χ4v) is 4.03. The summed E-state index contributed by atoms with van der Waals surface area (Å²) in [6, 6.07) is 0.380. The SMILES string of the molecule is CN1CCSCC1c1nc(=S)c2c([nH]1)CCNC2. The third-order valence-electron chi connectivity index (χ3n) is 3.69. The fraction of sp³-hybridized carbons (Fsp3) is 0.667. The number of hydrogen-bond donors (Lipinski definition) is 2. The number of hydrogen-bond acceptors (Lipinski definition) is 5. The average Bonchev–Trinajstić information content (AvgIpc) is 2.39. The Balaban J connectivity index is 1.97. The van der Waals surface area contributed by atoms with Gasteiger partial charge in [-0.15, -0.1) is 0 Å². The Labute approximate surface area is 117 Å². The lowest BCUT2D eigenvalue weighted by atomic mass is 10.1. The zero-order valence-corrected chi connectivity index (χ0v) is 12.2. The number of rotatable bonds is 1. The van der Waals surface area contributed by atoms with Crippen molar-refractivity contribution in [3.05, 3.63) is 21.7 Å². The van der Waals surface area contributed by atoms with E-state index in [1.807, 2.05) is 11.8 Å². The summed E-state index contributed by atoms with van der Waals surface area (Å²) in [4.78, 5) is 10.5. The van der Waals surface area contributed by atoms with Gasteiger partial charge in [0.1, 0.15) is 10.5 Å². The van der Waals surface area contributed by atoms with E-state index >= 15 is 0 Å². The van der Waals surface area contributed by atoms with Crippen molar-refractivity contribution in [1.29, 1.82) is 0 Å². The van der Waals surface area contributed by atoms with Crippen molar-refractivity contribution in [2.75, 3.05) is 31.6 Å². The Hall–Kier alpha value is -0.430. The van der Waals surface area contributed by atoms with Crippen molar-refractivity contribution in [1.82, 2.24) is 20.2 Å². The van der Waals surface area contributed by atoms with Crippen molar-refractivity contribution < 1.29 is 0 Å². The normalized spacial score (nSPS) is 24.8. The number of aromatic amines is 1. The van der Waals surface area contributed by atoms with Crippen molar-refractivity contribution in [3.63, 3.8) is 0 Å². The highest BCUT2D eigenvalue weighted by Gasteiger charge is 2.24. The maximum atomic E-state index is 5.44. The van der Waals surface area contributed by atoms with Crippen LogP contribution in [0.4, 0.5) is 0 Å². The van der Waals surface area contributed by atoms with Gasteiger partial charge in [0.2, 0.25) is 0 Å². The summed E-state index contributed by atoms with van der Waals surface area (Å²) in [7, 11) is 2.17. The largest absolute Gasteiger partial charge is 0.345 e. The van der Waals surface area contributed by atoms with Crippen LogP contribution in [0, 0.1) is 4.64 Å². The smallest absolute Gasteiger partial charge is 0.134 e. The molecule has 0 aromatic carbocycles. The fourth-order valence-electron chi connectivity index (χ4n) is 2.52. The number of thioether (sulfide) groups is 1. The van der Waals surface area contributed by atoms with Gasteiger partial charge in [0, 0.05) is 48.8 Å². The van der Waals surface area contributed by atoms with Crippen molar-refractivity contribution in [3.8, 4) is 0 Å². The number of nitrogens with zero attached hydrogens (tertiary/aromatic N) is 2. The van der Waals surface area contributed by atoms with E-state index in [0.29, 0.717) is 6.04 Å². The Kier molecular flexibility index (Phi) is 3.70. The maximum absolute atomic E-state index is 5.44. The first-order valence-electron chi connectivity index (χ1n) is 6.36. The number of nitrogens with one attached hydrogen (secondary N) is 2. The van der Waals surface area contributed by atoms with E-state index in [-0.39, 0.29) is 0 Å². The molecule has 2 aliphatic heterocycles. The molecule has 1 aromatic heterocycles. The first-order chi connectivity index (χ1) is 8.75. The molecule has 0 amide bonds. The van der Waals surface area contributed by atoms with Gasteiger partial charge in [0.25, 0.3) is 0 Å². The molecule has 3 rings (SSSR count). The van der Waals surface area contributed by atoms with Crippen molar-refractivity contribution >= 4 is 24.0 Å². The predicted molar refractivity (Wildman–Crippen MR) is 77.5 cm³/mol. The molecule has 1 aromatic rings. The molecule has 0 spiro atoms. The van der Waals surface area contributed by atoms with Crippen LogP contribution in [0.25, 0.3) is 0 Å². The van der Waals surface area contributed by atoms with Gasteiger partial charge in [-0.3, -0.25) is 4.90 Å². The van der Waals surface area contributed by atoms with Crippen molar-refractivity contribution in [2.45, 2.75) is 19.0 Å². The number of aromatic nitrogens is 2. The molecule has 1 saturated heterocycles. The van der Waals surface area contributed by atoms with Crippen LogP contribution in [-0.4, -0.2) is 46.5 Å². The standard InChI is InChI=1S/C12H18N4S2/c1-16-4-5-18-7-10(16)11-14-9-2-3-13-6-8(9)12(17)15-11/h10,13H,2-7H2,1H3,(H,14,15,17). The molecule has 1 unspecified atom stereocenters. The van der Waals surface area contributed by atoms with Gasteiger partial charge in [0.05, 0.1) is 6.04 Å². The lowest BCUT2D eigenvalue weighted by Gasteiger charge is -2.32. The van der Waals surface area contributed by atoms with E-state index in [1.54, 1.807) is 0 Å². The van der Waals surface area contributed by atoms with E-state index in [2.05, 4.69) is 27.2 Å². The molecule has 0 bridgehead atoms. The second-order valence-electron chi connectivity index (χ2n) is 4.88. The first-order valence-corrected chi connectivity index (χ1v) is 7.92. The Morgan fingerprint density at radius 2 is 2.39 bits per heavy atom. The minimum absolute atomic E-state index is 0.380. The minimum Gasteiger partial charge on any atom is -0.345 e. The van der Waals surface area contributed by atoms with E-state index in [4.69, 9.17) is 12.2 Å². The monoisotopic (exact) mass is 282 g/mol. The molecule has 18 heavy (non-hydrogen) atoms. The van der Waals surface area contributed by atoms with Gasteiger partial charge >= 0.3 is 0 Å². The summed E-state index contributed by atoms with van der Waals surface area (Å²) < 4.78 is 0.773. The molecule has 2 N–H and O–H groups in total. The summed E-state index contributed by atoms with van der Waals surface area (Å²) in [5.41, 5.74) is 2.47. The lowest BCUT2D eigenvalue weighted by molar-refractivity contribution is 0.263. The summed E-state index contributed by atoms with van der Waals surface area (Å²) in [6.07, 6.45) is 1.03. The maximum Gasteiger partial charge on any atom is 0.134 e. The average molecular weight is 282 g/mol. The van der Waals surface area contributed by atoms with Crippen LogP contribution in [0.5, 0.6) is 0 Å². The van der Waals surface area contributed by atoms with Gasteiger partial charge in [0.15, 0.2) is 0 Å². The highest BCUT2D eigenvalue weighted by molar-refractivity contribution is 7.99. The first kappa shape index (κ1) is 12.6. The van der Waals surface area contributed by atoms with Gasteiger partial charge in [-0.05, 0) is 7.05 Å². The molecule has 98 valence electrons. The lowest BCUT2D eigenvalue weighted by Crippen LogP contribution is -2.35. The number of H-pyrrole nitrogens is 1. The third-order valence-corrected chi connectivity index (χ3v) is 5.05. The van der Waals surface area contributed by atoms with Crippen LogP contribution in [0.3, 0.4) is 0 Å². The highest BCUT2D eigenvalue weighted by atomic mass is 32.2. The zero-order valence-electron chi connectivity index (χ0n) is 10.5. The van der Waals surface area contributed by atoms with Crippen LogP contribution in [0.1, 0.15) is 23.1 Å². The Morgan fingerprint density at radius 3 is 3.22 bits per heavy atom. The second-order valence-corrected chi connectivity index (χ2v) is 6.42. The molecule has 0 saturated carbocycles. The van der Waals surface area contributed by atoms with Crippen molar-refractivity contribution in [2.24, 2.45) is 0 Å². The third kappa shape index (κ3) is 2.34. The molecule has 3 heterocycles. The summed E-state index contributed by atoms with van der Waals surface area (Å²) >= 11 is 7.43. The summed E-state index contributed by atoms with van der Waals surface area (Å²) in [5, 5.41) is 3.35. The molecule has 0 aliphatic carbocycles. The molecule has 2 aliphatic rings. The molecule has 0 radical (unpaired) electrons. The van der Waals surface area contributed by atoms with Gasteiger partial charge in [-0.2, -0.15) is 11.8 Å². The molecular formula is C12H18N4S2. The number of fused-ring (bicyclic) bond motifs is 1. The summed E-state index contributed by atoms with van der Waals surface area (Å²) in [6.45, 7) is 3.00. The van der Waals surface area contributed by atoms with Crippen LogP contribution >= 0.6 is 24.0 Å². The topological polar surface area (TPSA) is 44.0 Å². The van der Waals surface area contributed by atoms with Gasteiger partial charge < -0.3 is 10.3 Å². The van der Waals surface area contributed by atoms with Crippen LogP contribution in [0.15, 0.2) is 0 Å². The van der Waals surface area contributed by atoms with E-state index in [0.717, 1.165) is 42.3 Å². The zero-order chi connectivity index (χ0) is 12.5. The Bertz CT molecular complexity index is 499. The second kappa shape index (κ2) is 5.28. The molecule has 1 atom stereocenters. The van der Waals surface area contributed by atoms with Crippen LogP contribution in [-0.2, 0) is 13.0 Å². The molecule has 6 heteroatoms. The predicted octanol–water partition coefficient (Wildman–Crippen LogP) is 1.50. The van der Waals surface area contributed by atoms with E-state index < -0.39 is 0 Å². The van der Waals surface area contributed by atoms with E-state index in [1.165, 1.54) is 17.0 Å². The minimum atomic E-state index is 0.380.